The van der Waals surface area contributed by atoms with Gasteiger partial charge in [-0.05, 0) is 36.2 Å². The van der Waals surface area contributed by atoms with E-state index in [1.807, 2.05) is 25.1 Å². The van der Waals surface area contributed by atoms with Gasteiger partial charge in [0.2, 0.25) is 0 Å². The Morgan fingerprint density at radius 3 is 2.72 bits per heavy atom. The van der Waals surface area contributed by atoms with E-state index in [1.54, 1.807) is 12.1 Å². The topological polar surface area (TPSA) is 38.0 Å². The number of anilines is 2. The van der Waals surface area contributed by atoms with Crippen LogP contribution in [0, 0.1) is 12.7 Å². The lowest BCUT2D eigenvalue weighted by molar-refractivity contribution is 0.627. The fourth-order valence-electron chi connectivity index (χ4n) is 1.77. The fraction of sp³-hybridized carbons (Fsp3) is 0.143. The zero-order valence-corrected chi connectivity index (χ0v) is 10.8. The highest BCUT2D eigenvalue weighted by Crippen LogP contribution is 2.24. The second-order valence-electron chi connectivity index (χ2n) is 4.14. The quantitative estimate of drug-likeness (QED) is 0.823. The lowest BCUT2D eigenvalue weighted by Crippen LogP contribution is -2.04. The summed E-state index contributed by atoms with van der Waals surface area (Å²) in [5.41, 5.74) is 9.47. The minimum Gasteiger partial charge on any atom is -0.397 e. The number of para-hydroxylation sites is 1. The van der Waals surface area contributed by atoms with Crippen LogP contribution in [0.1, 0.15) is 11.1 Å². The second kappa shape index (κ2) is 5.27. The largest absolute Gasteiger partial charge is 0.397 e. The van der Waals surface area contributed by atoms with Crippen molar-refractivity contribution in [3.63, 3.8) is 0 Å². The molecule has 0 aliphatic rings. The first-order chi connectivity index (χ1) is 8.58. The minimum absolute atomic E-state index is 0.132. The van der Waals surface area contributed by atoms with Crippen molar-refractivity contribution < 1.29 is 4.39 Å². The molecule has 0 aliphatic carbocycles. The molecule has 0 radical (unpaired) electrons. The van der Waals surface area contributed by atoms with Gasteiger partial charge in [0.25, 0.3) is 0 Å². The zero-order valence-electron chi connectivity index (χ0n) is 10.0. The van der Waals surface area contributed by atoms with Crippen LogP contribution in [0.3, 0.4) is 0 Å². The summed E-state index contributed by atoms with van der Waals surface area (Å²) in [4.78, 5) is 0. The Morgan fingerprint density at radius 1 is 1.28 bits per heavy atom. The third-order valence-corrected chi connectivity index (χ3v) is 3.05. The number of rotatable bonds is 3. The van der Waals surface area contributed by atoms with E-state index in [9.17, 15) is 4.39 Å². The van der Waals surface area contributed by atoms with Crippen molar-refractivity contribution in [3.05, 3.63) is 58.4 Å². The molecule has 0 heterocycles. The van der Waals surface area contributed by atoms with E-state index in [4.69, 9.17) is 17.3 Å². The first kappa shape index (κ1) is 12.7. The first-order valence-corrected chi connectivity index (χ1v) is 5.98. The van der Waals surface area contributed by atoms with Crippen LogP contribution in [0.5, 0.6) is 0 Å². The molecule has 0 fully saturated rings. The highest BCUT2D eigenvalue weighted by atomic mass is 35.5. The molecule has 4 heteroatoms. The lowest BCUT2D eigenvalue weighted by atomic mass is 10.1. The predicted octanol–water partition coefficient (Wildman–Crippen LogP) is 3.98. The van der Waals surface area contributed by atoms with Gasteiger partial charge >= 0.3 is 0 Å². The molecule has 3 N–H and O–H groups in total. The van der Waals surface area contributed by atoms with E-state index in [-0.39, 0.29) is 5.02 Å². The number of nitrogen functional groups attached to an aromatic ring is 1. The number of aryl methyl sites for hydroxylation is 1. The van der Waals surface area contributed by atoms with Gasteiger partial charge in [0, 0.05) is 6.54 Å². The van der Waals surface area contributed by atoms with Crippen LogP contribution in [0.15, 0.2) is 36.4 Å². The minimum atomic E-state index is -0.407. The van der Waals surface area contributed by atoms with E-state index in [0.29, 0.717) is 12.2 Å². The van der Waals surface area contributed by atoms with Crippen molar-refractivity contribution in [2.75, 3.05) is 11.1 Å². The first-order valence-electron chi connectivity index (χ1n) is 5.61. The van der Waals surface area contributed by atoms with E-state index in [1.165, 1.54) is 6.07 Å². The van der Waals surface area contributed by atoms with E-state index in [0.717, 1.165) is 16.8 Å². The van der Waals surface area contributed by atoms with Crippen molar-refractivity contribution >= 4 is 23.0 Å². The summed E-state index contributed by atoms with van der Waals surface area (Å²) in [5.74, 6) is -0.407. The number of nitrogens with two attached hydrogens (primary N) is 1. The summed E-state index contributed by atoms with van der Waals surface area (Å²) >= 11 is 5.73. The number of nitrogens with one attached hydrogen (secondary N) is 1. The zero-order chi connectivity index (χ0) is 13.1. The Labute approximate surface area is 111 Å². The number of hydrogen-bond donors (Lipinski definition) is 2. The summed E-state index contributed by atoms with van der Waals surface area (Å²) in [7, 11) is 0. The molecule has 0 saturated carbocycles. The Balaban J connectivity index is 2.14. The maximum absolute atomic E-state index is 13.0. The molecule has 0 unspecified atom stereocenters. The molecule has 2 rings (SSSR count). The maximum Gasteiger partial charge on any atom is 0.141 e. The molecule has 0 aliphatic heterocycles. The van der Waals surface area contributed by atoms with E-state index < -0.39 is 5.82 Å². The molecule has 0 bridgehead atoms. The van der Waals surface area contributed by atoms with Gasteiger partial charge in [-0.3, -0.25) is 0 Å². The van der Waals surface area contributed by atoms with Gasteiger partial charge in [-0.25, -0.2) is 4.39 Å². The standard InChI is InChI=1S/C14H14ClFN2/c1-9-3-2-4-13(17)14(9)18-8-10-5-6-12(16)11(15)7-10/h2-7,18H,8,17H2,1H3. The highest BCUT2D eigenvalue weighted by molar-refractivity contribution is 6.30. The van der Waals surface area contributed by atoms with Crippen molar-refractivity contribution in [2.45, 2.75) is 13.5 Å². The molecule has 94 valence electrons. The number of halogens is 2. The van der Waals surface area contributed by atoms with Gasteiger partial charge in [0.15, 0.2) is 0 Å². The predicted molar refractivity (Wildman–Crippen MR) is 74.3 cm³/mol. The SMILES string of the molecule is Cc1cccc(N)c1NCc1ccc(F)c(Cl)c1. The van der Waals surface area contributed by atoms with Crippen LogP contribution in [0.4, 0.5) is 15.8 Å². The van der Waals surface area contributed by atoms with Gasteiger partial charge in [-0.15, -0.1) is 0 Å². The Kier molecular flexibility index (Phi) is 3.72. The Morgan fingerprint density at radius 2 is 2.06 bits per heavy atom. The van der Waals surface area contributed by atoms with Crippen LogP contribution < -0.4 is 11.1 Å². The van der Waals surface area contributed by atoms with Crippen LogP contribution in [-0.2, 0) is 6.54 Å². The van der Waals surface area contributed by atoms with E-state index >= 15 is 0 Å². The number of hydrogen-bond acceptors (Lipinski definition) is 2. The molecule has 0 aromatic heterocycles. The monoisotopic (exact) mass is 264 g/mol. The van der Waals surface area contributed by atoms with Gasteiger partial charge in [-0.1, -0.05) is 29.8 Å². The van der Waals surface area contributed by atoms with Crippen molar-refractivity contribution in [1.82, 2.24) is 0 Å². The number of benzene rings is 2. The third-order valence-electron chi connectivity index (χ3n) is 2.76. The summed E-state index contributed by atoms with van der Waals surface area (Å²) in [6, 6.07) is 10.4. The molecule has 2 aromatic rings. The molecule has 0 atom stereocenters. The Bertz CT molecular complexity index is 549. The van der Waals surface area contributed by atoms with Crippen LogP contribution in [0.2, 0.25) is 5.02 Å². The van der Waals surface area contributed by atoms with Crippen molar-refractivity contribution in [2.24, 2.45) is 0 Å². The van der Waals surface area contributed by atoms with E-state index in [2.05, 4.69) is 5.32 Å². The lowest BCUT2D eigenvalue weighted by Gasteiger charge is -2.12. The molecule has 2 aromatic carbocycles. The van der Waals surface area contributed by atoms with Crippen LogP contribution in [0.25, 0.3) is 0 Å². The molecule has 0 amide bonds. The van der Waals surface area contributed by atoms with Gasteiger partial charge in [-0.2, -0.15) is 0 Å². The summed E-state index contributed by atoms with van der Waals surface area (Å²) in [6.45, 7) is 2.53. The molecule has 2 nitrogen and oxygen atoms in total. The molecular weight excluding hydrogens is 251 g/mol. The molecule has 18 heavy (non-hydrogen) atoms. The normalized spacial score (nSPS) is 10.4. The molecule has 0 spiro atoms. The summed E-state index contributed by atoms with van der Waals surface area (Å²) in [5, 5.41) is 3.37. The van der Waals surface area contributed by atoms with Gasteiger partial charge in [0.05, 0.1) is 16.4 Å². The van der Waals surface area contributed by atoms with Gasteiger partial charge in [0.1, 0.15) is 5.82 Å². The third kappa shape index (κ3) is 2.74. The average molecular weight is 265 g/mol. The van der Waals surface area contributed by atoms with Gasteiger partial charge < -0.3 is 11.1 Å². The van der Waals surface area contributed by atoms with Crippen LogP contribution in [-0.4, -0.2) is 0 Å². The van der Waals surface area contributed by atoms with Crippen molar-refractivity contribution in [1.29, 1.82) is 0 Å². The molecular formula is C14H14ClFN2. The smallest absolute Gasteiger partial charge is 0.141 e. The summed E-state index contributed by atoms with van der Waals surface area (Å²) in [6.07, 6.45) is 0. The fourth-order valence-corrected chi connectivity index (χ4v) is 1.98. The average Bonchev–Trinajstić information content (AvgIpc) is 2.33. The molecule has 0 saturated heterocycles. The second-order valence-corrected chi connectivity index (χ2v) is 4.55. The van der Waals surface area contributed by atoms with Crippen molar-refractivity contribution in [3.8, 4) is 0 Å². The van der Waals surface area contributed by atoms with Crippen LogP contribution >= 0.6 is 11.6 Å². The maximum atomic E-state index is 13.0. The Hall–Kier alpha value is -1.74. The summed E-state index contributed by atoms with van der Waals surface area (Å²) < 4.78 is 13.0. The highest BCUT2D eigenvalue weighted by Gasteiger charge is 2.04.